The van der Waals surface area contributed by atoms with Gasteiger partial charge in [0.1, 0.15) is 17.5 Å². The van der Waals surface area contributed by atoms with Crippen LogP contribution in [0.5, 0.6) is 0 Å². The summed E-state index contributed by atoms with van der Waals surface area (Å²) in [7, 11) is 0. The predicted molar refractivity (Wildman–Crippen MR) is 81.2 cm³/mol. The summed E-state index contributed by atoms with van der Waals surface area (Å²) >= 11 is 0. The van der Waals surface area contributed by atoms with Gasteiger partial charge in [-0.05, 0) is 39.3 Å². The SMILES string of the molecule is CC(C)(C)OC(=O)N1C[C@H]2C[C@H]1[C@H]2Nc1ncccc1C#N. The van der Waals surface area contributed by atoms with E-state index in [0.717, 1.165) is 6.42 Å². The molecule has 0 radical (unpaired) electrons. The maximum Gasteiger partial charge on any atom is 0.410 e. The zero-order valence-electron chi connectivity index (χ0n) is 13.0. The number of aromatic nitrogens is 1. The van der Waals surface area contributed by atoms with Gasteiger partial charge in [-0.3, -0.25) is 0 Å². The molecule has 4 rings (SSSR count). The summed E-state index contributed by atoms with van der Waals surface area (Å²) < 4.78 is 5.45. The second kappa shape index (κ2) is 5.16. The standard InChI is InChI=1S/C16H20N4O2/c1-16(2,3)22-15(21)20-9-11-7-12(20)13(11)19-14-10(8-17)5-4-6-18-14/h4-6,11-13H,7,9H2,1-3H3,(H,18,19)/t11-,12+,13+/m1/s1. The van der Waals surface area contributed by atoms with Crippen molar-refractivity contribution in [3.05, 3.63) is 23.9 Å². The topological polar surface area (TPSA) is 78.2 Å². The number of hydrogen-bond acceptors (Lipinski definition) is 5. The first-order valence-corrected chi connectivity index (χ1v) is 7.50. The summed E-state index contributed by atoms with van der Waals surface area (Å²) in [5.74, 6) is 0.988. The molecule has 0 aromatic carbocycles. The van der Waals surface area contributed by atoms with Crippen LogP contribution in [0, 0.1) is 17.2 Å². The number of anilines is 1. The first kappa shape index (κ1) is 14.6. The van der Waals surface area contributed by atoms with E-state index in [1.54, 1.807) is 23.2 Å². The Balaban J connectivity index is 1.68. The van der Waals surface area contributed by atoms with Crippen molar-refractivity contribution in [2.24, 2.45) is 5.92 Å². The van der Waals surface area contributed by atoms with Gasteiger partial charge in [-0.1, -0.05) is 0 Å². The van der Waals surface area contributed by atoms with Crippen LogP contribution < -0.4 is 5.32 Å². The molecule has 3 heterocycles. The highest BCUT2D eigenvalue weighted by Gasteiger charge is 2.54. The van der Waals surface area contributed by atoms with Crippen LogP contribution in [0.1, 0.15) is 32.8 Å². The minimum atomic E-state index is -0.484. The van der Waals surface area contributed by atoms with E-state index in [-0.39, 0.29) is 18.2 Å². The van der Waals surface area contributed by atoms with E-state index in [2.05, 4.69) is 16.4 Å². The highest BCUT2D eigenvalue weighted by Crippen LogP contribution is 2.43. The van der Waals surface area contributed by atoms with Gasteiger partial charge in [-0.15, -0.1) is 0 Å². The summed E-state index contributed by atoms with van der Waals surface area (Å²) in [5, 5.41) is 12.4. The van der Waals surface area contributed by atoms with Crippen LogP contribution in [0.2, 0.25) is 0 Å². The molecule has 2 saturated heterocycles. The monoisotopic (exact) mass is 300 g/mol. The summed E-state index contributed by atoms with van der Waals surface area (Å²) in [6.07, 6.45) is 2.38. The zero-order chi connectivity index (χ0) is 15.9. The van der Waals surface area contributed by atoms with Gasteiger partial charge in [0.25, 0.3) is 0 Å². The quantitative estimate of drug-likeness (QED) is 0.907. The number of hydrogen-bond donors (Lipinski definition) is 1. The molecule has 1 amide bonds. The van der Waals surface area contributed by atoms with E-state index in [1.165, 1.54) is 0 Å². The highest BCUT2D eigenvalue weighted by molar-refractivity contribution is 5.70. The third kappa shape index (κ3) is 2.59. The third-order valence-corrected chi connectivity index (χ3v) is 4.16. The summed E-state index contributed by atoms with van der Waals surface area (Å²) in [6.45, 7) is 6.31. The molecule has 0 spiro atoms. The second-order valence-electron chi connectivity index (χ2n) is 6.88. The Hall–Kier alpha value is -2.29. The van der Waals surface area contributed by atoms with Crippen LogP contribution in [0.4, 0.5) is 10.6 Å². The molecule has 1 aromatic rings. The van der Waals surface area contributed by atoms with E-state index in [1.807, 2.05) is 20.8 Å². The lowest BCUT2D eigenvalue weighted by atomic mass is 9.80. The number of nitrogens with zero attached hydrogens (tertiary/aromatic N) is 3. The number of amides is 1. The molecule has 3 atom stereocenters. The van der Waals surface area contributed by atoms with Crippen LogP contribution in [0.15, 0.2) is 18.3 Å². The van der Waals surface area contributed by atoms with Crippen molar-refractivity contribution in [1.82, 2.24) is 9.88 Å². The molecule has 1 aromatic heterocycles. The molecule has 22 heavy (non-hydrogen) atoms. The van der Waals surface area contributed by atoms with Crippen LogP contribution in [-0.4, -0.2) is 40.2 Å². The maximum atomic E-state index is 12.2. The van der Waals surface area contributed by atoms with E-state index in [0.29, 0.717) is 23.8 Å². The smallest absolute Gasteiger partial charge is 0.410 e. The van der Waals surface area contributed by atoms with Gasteiger partial charge in [-0.25, -0.2) is 9.78 Å². The van der Waals surface area contributed by atoms with Crippen molar-refractivity contribution in [3.63, 3.8) is 0 Å². The lowest BCUT2D eigenvalue weighted by Gasteiger charge is -2.37. The van der Waals surface area contributed by atoms with E-state index in [9.17, 15) is 4.79 Å². The van der Waals surface area contributed by atoms with Crippen LogP contribution in [0.25, 0.3) is 0 Å². The normalized spacial score (nSPS) is 26.1. The fraction of sp³-hybridized carbons (Fsp3) is 0.562. The number of rotatable bonds is 2. The highest BCUT2D eigenvalue weighted by atomic mass is 16.6. The summed E-state index contributed by atoms with van der Waals surface area (Å²) in [5.41, 5.74) is 0.0414. The number of carbonyl (C=O) groups excluding carboxylic acids is 1. The van der Waals surface area contributed by atoms with Crippen LogP contribution in [0.3, 0.4) is 0 Å². The molecular formula is C16H20N4O2. The van der Waals surface area contributed by atoms with Crippen LogP contribution in [-0.2, 0) is 4.74 Å². The Morgan fingerprint density at radius 1 is 1.55 bits per heavy atom. The number of fused-ring (bicyclic) bond motifs is 1. The molecule has 1 N–H and O–H groups in total. The lowest BCUT2D eigenvalue weighted by Crippen LogP contribution is -2.50. The molecule has 1 aliphatic carbocycles. The molecule has 2 bridgehead atoms. The molecule has 2 aliphatic heterocycles. The van der Waals surface area contributed by atoms with Gasteiger partial charge in [0.15, 0.2) is 0 Å². The Morgan fingerprint density at radius 2 is 2.32 bits per heavy atom. The number of nitriles is 1. The predicted octanol–water partition coefficient (Wildman–Crippen LogP) is 2.37. The molecule has 6 nitrogen and oxygen atoms in total. The third-order valence-electron chi connectivity index (χ3n) is 4.16. The molecule has 6 heteroatoms. The average Bonchev–Trinajstić information content (AvgIpc) is 3.02. The van der Waals surface area contributed by atoms with Crippen molar-refractivity contribution in [2.75, 3.05) is 11.9 Å². The van der Waals surface area contributed by atoms with Gasteiger partial charge in [-0.2, -0.15) is 5.26 Å². The molecule has 116 valence electrons. The summed E-state index contributed by atoms with van der Waals surface area (Å²) in [6, 6.07) is 5.88. The first-order chi connectivity index (χ1) is 10.4. The molecular weight excluding hydrogens is 280 g/mol. The molecule has 0 unspecified atom stereocenters. The summed E-state index contributed by atoms with van der Waals surface area (Å²) in [4.78, 5) is 18.3. The zero-order valence-corrected chi connectivity index (χ0v) is 13.0. The average molecular weight is 300 g/mol. The largest absolute Gasteiger partial charge is 0.444 e. The van der Waals surface area contributed by atoms with E-state index in [4.69, 9.17) is 10.00 Å². The fourth-order valence-corrected chi connectivity index (χ4v) is 3.13. The number of pyridine rings is 1. The number of carbonyl (C=O) groups is 1. The van der Waals surface area contributed by atoms with E-state index < -0.39 is 5.60 Å². The van der Waals surface area contributed by atoms with Crippen molar-refractivity contribution in [2.45, 2.75) is 44.9 Å². The molecule has 1 saturated carbocycles. The maximum absolute atomic E-state index is 12.2. The fourth-order valence-electron chi connectivity index (χ4n) is 3.13. The van der Waals surface area contributed by atoms with Gasteiger partial charge in [0, 0.05) is 18.7 Å². The van der Waals surface area contributed by atoms with Crippen molar-refractivity contribution < 1.29 is 9.53 Å². The Bertz CT molecular complexity index is 632. The number of nitrogens with one attached hydrogen (secondary N) is 1. The minimum absolute atomic E-state index is 0.119. The van der Waals surface area contributed by atoms with Gasteiger partial charge < -0.3 is 15.0 Å². The Morgan fingerprint density at radius 3 is 3.00 bits per heavy atom. The van der Waals surface area contributed by atoms with Crippen molar-refractivity contribution in [1.29, 1.82) is 5.26 Å². The lowest BCUT2D eigenvalue weighted by molar-refractivity contribution is 0.0239. The molecule has 3 aliphatic rings. The van der Waals surface area contributed by atoms with Crippen molar-refractivity contribution in [3.8, 4) is 6.07 Å². The van der Waals surface area contributed by atoms with Crippen molar-refractivity contribution >= 4 is 11.9 Å². The minimum Gasteiger partial charge on any atom is -0.444 e. The Labute approximate surface area is 130 Å². The molecule has 3 fully saturated rings. The van der Waals surface area contributed by atoms with Gasteiger partial charge in [0.05, 0.1) is 17.6 Å². The second-order valence-corrected chi connectivity index (χ2v) is 6.88. The van der Waals surface area contributed by atoms with Crippen LogP contribution >= 0.6 is 0 Å². The first-order valence-electron chi connectivity index (χ1n) is 7.50. The van der Waals surface area contributed by atoms with Gasteiger partial charge >= 0.3 is 6.09 Å². The van der Waals surface area contributed by atoms with Gasteiger partial charge in [0.2, 0.25) is 0 Å². The number of ether oxygens (including phenoxy) is 1. The Kier molecular flexibility index (Phi) is 3.44. The van der Waals surface area contributed by atoms with E-state index >= 15 is 0 Å².